The molecule has 1 aromatic carbocycles. The minimum absolute atomic E-state index is 0.0486. The van der Waals surface area contributed by atoms with E-state index in [0.717, 1.165) is 11.4 Å². The largest absolute Gasteiger partial charge is 0.346 e. The highest BCUT2D eigenvalue weighted by molar-refractivity contribution is 7.91. The first kappa shape index (κ1) is 15.6. The predicted molar refractivity (Wildman–Crippen MR) is 77.1 cm³/mol. The van der Waals surface area contributed by atoms with E-state index in [2.05, 4.69) is 5.32 Å². The summed E-state index contributed by atoms with van der Waals surface area (Å²) in [6.45, 7) is 1.98. The van der Waals surface area contributed by atoms with E-state index in [4.69, 9.17) is 23.2 Å². The van der Waals surface area contributed by atoms with Crippen LogP contribution < -0.4 is 10.2 Å². The van der Waals surface area contributed by atoms with Crippen LogP contribution >= 0.6 is 23.2 Å². The van der Waals surface area contributed by atoms with Gasteiger partial charge in [0, 0.05) is 5.02 Å². The van der Waals surface area contributed by atoms with Crippen LogP contribution in [0.5, 0.6) is 0 Å². The van der Waals surface area contributed by atoms with Gasteiger partial charge in [-0.2, -0.15) is 0 Å². The minimum Gasteiger partial charge on any atom is -0.346 e. The molecule has 1 saturated heterocycles. The molecule has 20 heavy (non-hydrogen) atoms. The molecular formula is C12H15Cl2N2O3S+. The van der Waals surface area contributed by atoms with Gasteiger partial charge < -0.3 is 10.2 Å². The number of piperazine rings is 1. The summed E-state index contributed by atoms with van der Waals surface area (Å²) < 4.78 is 24.5. The second-order valence-corrected chi connectivity index (χ2v) is 7.59. The summed E-state index contributed by atoms with van der Waals surface area (Å²) in [6, 6.07) is 4.37. The first-order valence-electron chi connectivity index (χ1n) is 6.16. The van der Waals surface area contributed by atoms with Crippen LogP contribution in [0.3, 0.4) is 0 Å². The molecule has 1 aliphatic rings. The monoisotopic (exact) mass is 337 g/mol. The number of amides is 1. The third-order valence-electron chi connectivity index (χ3n) is 3.16. The lowest BCUT2D eigenvalue weighted by Gasteiger charge is -2.23. The van der Waals surface area contributed by atoms with Gasteiger partial charge in [0.15, 0.2) is 16.4 Å². The van der Waals surface area contributed by atoms with Crippen LogP contribution in [-0.2, 0) is 14.6 Å². The Balaban J connectivity index is 2.07. The lowest BCUT2D eigenvalue weighted by molar-refractivity contribution is -0.890. The van der Waals surface area contributed by atoms with Crippen molar-refractivity contribution < 1.29 is 18.1 Å². The van der Waals surface area contributed by atoms with Gasteiger partial charge in [0.05, 0.1) is 29.6 Å². The lowest BCUT2D eigenvalue weighted by atomic mass is 10.3. The van der Waals surface area contributed by atoms with E-state index in [1.165, 1.54) is 12.1 Å². The SMILES string of the molecule is O=C1C[NH+](CCS(=O)(=O)c2cc(Cl)ccc2Cl)CCN1. The number of halogens is 2. The van der Waals surface area contributed by atoms with Crippen molar-refractivity contribution in [3.8, 4) is 0 Å². The molecule has 0 radical (unpaired) electrons. The normalized spacial score (nSPS) is 19.7. The second kappa shape index (κ2) is 6.30. The highest BCUT2D eigenvalue weighted by atomic mass is 35.5. The maximum Gasteiger partial charge on any atom is 0.275 e. The van der Waals surface area contributed by atoms with Crippen molar-refractivity contribution >= 4 is 38.9 Å². The minimum atomic E-state index is -3.50. The molecule has 0 aromatic heterocycles. The highest BCUT2D eigenvalue weighted by Gasteiger charge is 2.24. The number of quaternary nitrogens is 1. The van der Waals surface area contributed by atoms with Crippen LogP contribution in [0.4, 0.5) is 0 Å². The Morgan fingerprint density at radius 2 is 2.05 bits per heavy atom. The Morgan fingerprint density at radius 1 is 1.30 bits per heavy atom. The quantitative estimate of drug-likeness (QED) is 0.798. The Morgan fingerprint density at radius 3 is 2.75 bits per heavy atom. The smallest absolute Gasteiger partial charge is 0.275 e. The van der Waals surface area contributed by atoms with E-state index >= 15 is 0 Å². The molecule has 2 rings (SSSR count). The number of rotatable bonds is 4. The number of nitrogens with one attached hydrogen (secondary N) is 2. The Bertz CT molecular complexity index is 619. The zero-order valence-electron chi connectivity index (χ0n) is 10.7. The van der Waals surface area contributed by atoms with E-state index in [0.29, 0.717) is 24.7 Å². The molecule has 1 heterocycles. The standard InChI is InChI=1S/C12H14Cl2N2O3S/c13-9-1-2-10(14)11(7-9)20(18,19)6-5-16-4-3-15-12(17)8-16/h1-2,7H,3-6,8H2,(H,15,17)/p+1. The van der Waals surface area contributed by atoms with E-state index in [-0.39, 0.29) is 21.6 Å². The van der Waals surface area contributed by atoms with Crippen molar-refractivity contribution in [1.29, 1.82) is 0 Å². The number of hydrogen-bond donors (Lipinski definition) is 2. The first-order chi connectivity index (χ1) is 9.38. The Labute approximate surface area is 127 Å². The van der Waals surface area contributed by atoms with E-state index in [1.54, 1.807) is 6.07 Å². The van der Waals surface area contributed by atoms with Crippen LogP contribution in [0.2, 0.25) is 10.0 Å². The number of carbonyl (C=O) groups is 1. The molecule has 0 saturated carbocycles. The van der Waals surface area contributed by atoms with Gasteiger partial charge in [0.1, 0.15) is 5.75 Å². The maximum absolute atomic E-state index is 12.3. The summed E-state index contributed by atoms with van der Waals surface area (Å²) in [5.74, 6) is -0.111. The summed E-state index contributed by atoms with van der Waals surface area (Å²) in [5, 5.41) is 3.21. The second-order valence-electron chi connectivity index (χ2n) is 4.67. The molecule has 0 bridgehead atoms. The van der Waals surface area contributed by atoms with Crippen molar-refractivity contribution in [3.05, 3.63) is 28.2 Å². The summed E-state index contributed by atoms with van der Waals surface area (Å²) in [4.78, 5) is 12.2. The summed E-state index contributed by atoms with van der Waals surface area (Å²) >= 11 is 11.7. The summed E-state index contributed by atoms with van der Waals surface area (Å²) in [7, 11) is -3.50. The molecule has 1 unspecified atom stereocenters. The number of carbonyl (C=O) groups excluding carboxylic acids is 1. The average Bonchev–Trinajstić information content (AvgIpc) is 2.39. The molecule has 0 spiro atoms. The average molecular weight is 338 g/mol. The van der Waals surface area contributed by atoms with Gasteiger partial charge in [-0.05, 0) is 18.2 Å². The van der Waals surface area contributed by atoms with Gasteiger partial charge in [-0.15, -0.1) is 0 Å². The van der Waals surface area contributed by atoms with E-state index in [1.807, 2.05) is 0 Å². The van der Waals surface area contributed by atoms with Gasteiger partial charge in [0.25, 0.3) is 5.91 Å². The molecule has 5 nitrogen and oxygen atoms in total. The molecule has 110 valence electrons. The molecule has 8 heteroatoms. The van der Waals surface area contributed by atoms with Gasteiger partial charge in [-0.25, -0.2) is 8.42 Å². The van der Waals surface area contributed by atoms with Crippen LogP contribution in [-0.4, -0.2) is 46.3 Å². The Kier molecular flexibility index (Phi) is 4.90. The third kappa shape index (κ3) is 3.85. The molecule has 1 aliphatic heterocycles. The zero-order chi connectivity index (χ0) is 14.8. The molecule has 0 aliphatic carbocycles. The van der Waals surface area contributed by atoms with Crippen LogP contribution in [0.1, 0.15) is 0 Å². The van der Waals surface area contributed by atoms with E-state index in [9.17, 15) is 13.2 Å². The lowest BCUT2D eigenvalue weighted by Crippen LogP contribution is -3.15. The number of benzene rings is 1. The molecule has 1 atom stereocenters. The summed E-state index contributed by atoms with van der Waals surface area (Å²) in [6.07, 6.45) is 0. The highest BCUT2D eigenvalue weighted by Crippen LogP contribution is 2.25. The summed E-state index contributed by atoms with van der Waals surface area (Å²) in [5.41, 5.74) is 0. The first-order valence-corrected chi connectivity index (χ1v) is 8.57. The molecular weight excluding hydrogens is 323 g/mol. The predicted octanol–water partition coefficient (Wildman–Crippen LogP) is -0.218. The van der Waals surface area contributed by atoms with Crippen LogP contribution in [0.15, 0.2) is 23.1 Å². The van der Waals surface area contributed by atoms with Crippen LogP contribution in [0.25, 0.3) is 0 Å². The fraction of sp³-hybridized carbons (Fsp3) is 0.417. The van der Waals surface area contributed by atoms with Crippen molar-refractivity contribution in [2.75, 3.05) is 31.9 Å². The molecule has 1 aromatic rings. The van der Waals surface area contributed by atoms with Gasteiger partial charge in [0.2, 0.25) is 0 Å². The van der Waals surface area contributed by atoms with Gasteiger partial charge in [-0.3, -0.25) is 4.79 Å². The Hall–Kier alpha value is -0.820. The number of hydrogen-bond acceptors (Lipinski definition) is 3. The van der Waals surface area contributed by atoms with Gasteiger partial charge in [-0.1, -0.05) is 23.2 Å². The van der Waals surface area contributed by atoms with Crippen molar-refractivity contribution in [2.24, 2.45) is 0 Å². The van der Waals surface area contributed by atoms with Crippen molar-refractivity contribution in [3.63, 3.8) is 0 Å². The molecule has 2 N–H and O–H groups in total. The third-order valence-corrected chi connectivity index (χ3v) is 5.59. The van der Waals surface area contributed by atoms with Crippen LogP contribution in [0, 0.1) is 0 Å². The molecule has 1 amide bonds. The fourth-order valence-corrected chi connectivity index (χ4v) is 4.23. The zero-order valence-corrected chi connectivity index (χ0v) is 13.0. The maximum atomic E-state index is 12.3. The van der Waals surface area contributed by atoms with E-state index < -0.39 is 9.84 Å². The van der Waals surface area contributed by atoms with Crippen molar-refractivity contribution in [2.45, 2.75) is 4.90 Å². The fourth-order valence-electron chi connectivity index (χ4n) is 2.07. The number of sulfone groups is 1. The molecule has 1 fully saturated rings. The topological polar surface area (TPSA) is 67.7 Å². The van der Waals surface area contributed by atoms with Gasteiger partial charge >= 0.3 is 0 Å². The van der Waals surface area contributed by atoms with Crippen molar-refractivity contribution in [1.82, 2.24) is 5.32 Å².